The number of carbonyl (C=O) groups is 6. The number of rotatable bonds is 11. The van der Waals surface area contributed by atoms with E-state index in [0.717, 1.165) is 17.5 Å². The van der Waals surface area contributed by atoms with E-state index in [1.807, 2.05) is 14.7 Å². The largest absolute Gasteiger partial charge is 0.480 e. The number of hydrogen-bond acceptors (Lipinski definition) is 10. The number of carbonyl (C=O) groups excluding carboxylic acids is 5. The van der Waals surface area contributed by atoms with Crippen LogP contribution in [0.25, 0.3) is 0 Å². The van der Waals surface area contributed by atoms with Gasteiger partial charge in [0.1, 0.15) is 12.6 Å². The number of hydrogen-bond donors (Lipinski definition) is 2. The first kappa shape index (κ1) is 28.2. The quantitative estimate of drug-likeness (QED) is 0.220. The molecule has 0 atom stereocenters. The summed E-state index contributed by atoms with van der Waals surface area (Å²) in [6.45, 7) is 4.43. The maximum Gasteiger partial charge on any atom is 0.317 e. The Kier molecular flexibility index (Phi) is 12.2. The van der Waals surface area contributed by atoms with Crippen LogP contribution in [0.15, 0.2) is 12.2 Å². The van der Waals surface area contributed by atoms with Gasteiger partial charge in [0.15, 0.2) is 0 Å². The third-order valence-electron chi connectivity index (χ3n) is 5.88. The number of nitrogens with zero attached hydrogens (tertiary/aromatic N) is 5. The van der Waals surface area contributed by atoms with Gasteiger partial charge in [-0.15, -0.1) is 0 Å². The minimum atomic E-state index is -0.957. The van der Waals surface area contributed by atoms with E-state index in [2.05, 4.69) is 5.32 Å². The molecule has 0 radical (unpaired) electrons. The third-order valence-corrected chi connectivity index (χ3v) is 5.88. The van der Waals surface area contributed by atoms with Crippen molar-refractivity contribution in [3.8, 4) is 0 Å². The molecule has 1 fully saturated rings. The van der Waals surface area contributed by atoms with Crippen LogP contribution in [0.1, 0.15) is 0 Å². The van der Waals surface area contributed by atoms with Gasteiger partial charge >= 0.3 is 5.97 Å². The molecule has 0 aromatic heterocycles. The van der Waals surface area contributed by atoms with E-state index in [1.165, 1.54) is 12.2 Å². The lowest BCUT2D eigenvalue weighted by atomic mass is 10.3. The fourth-order valence-electron chi connectivity index (χ4n) is 3.88. The number of nitrogens with one attached hydrogen (secondary N) is 1. The first-order valence-electron chi connectivity index (χ1n) is 11.6. The molecule has 0 bridgehead atoms. The molecule has 0 aromatic carbocycles. The maximum atomic E-state index is 12.5. The van der Waals surface area contributed by atoms with E-state index in [0.29, 0.717) is 52.4 Å². The van der Waals surface area contributed by atoms with Crippen molar-refractivity contribution >= 4 is 36.3 Å². The summed E-state index contributed by atoms with van der Waals surface area (Å²) in [6.07, 6.45) is 4.00. The first-order valence-corrected chi connectivity index (χ1v) is 11.6. The topological polar surface area (TPSA) is 151 Å². The van der Waals surface area contributed by atoms with E-state index in [4.69, 9.17) is 0 Å². The number of imide groups is 1. The second-order valence-electron chi connectivity index (χ2n) is 8.39. The molecule has 0 unspecified atom stereocenters. The Labute approximate surface area is 204 Å². The number of aliphatic carboxylic acids is 1. The average Bonchev–Trinajstić information content (AvgIpc) is 3.12. The Balaban J connectivity index is 1.96. The van der Waals surface area contributed by atoms with Crippen LogP contribution in [0, 0.1) is 0 Å². The summed E-state index contributed by atoms with van der Waals surface area (Å²) < 4.78 is 0. The lowest BCUT2D eigenvalue weighted by molar-refractivity contribution is -0.139. The maximum absolute atomic E-state index is 12.5. The molecule has 194 valence electrons. The van der Waals surface area contributed by atoms with E-state index in [-0.39, 0.29) is 45.2 Å². The van der Waals surface area contributed by atoms with Crippen molar-refractivity contribution in [2.24, 2.45) is 0 Å². The van der Waals surface area contributed by atoms with Crippen LogP contribution in [0.2, 0.25) is 0 Å². The summed E-state index contributed by atoms with van der Waals surface area (Å²) in [5, 5.41) is 12.0. The molecule has 35 heavy (non-hydrogen) atoms. The second-order valence-corrected chi connectivity index (χ2v) is 8.39. The fourth-order valence-corrected chi connectivity index (χ4v) is 3.88. The Morgan fingerprint density at radius 2 is 1.20 bits per heavy atom. The predicted molar refractivity (Wildman–Crippen MR) is 124 cm³/mol. The lowest BCUT2D eigenvalue weighted by Crippen LogP contribution is -2.49. The Morgan fingerprint density at radius 3 is 1.63 bits per heavy atom. The zero-order valence-electron chi connectivity index (χ0n) is 19.8. The van der Waals surface area contributed by atoms with Gasteiger partial charge in [0, 0.05) is 77.6 Å². The number of carboxylic acids is 1. The van der Waals surface area contributed by atoms with E-state index >= 15 is 0 Å². The molecule has 2 aliphatic heterocycles. The molecule has 13 nitrogen and oxygen atoms in total. The molecule has 13 heteroatoms. The standard InChI is InChI=1S/C22H34N6O7/c29-15-13-24-5-6-25(14-16-30)8-10-27(18-22(34)35)12-11-26(9-7-24)17-19(31)23-3-4-28-20(32)1-2-21(28)33/h1-2,15-16H,3-14,17-18H2,(H,23,31)(H,34,35). The number of aldehydes is 2. The Hall–Kier alpha value is -3.00. The molecule has 2 heterocycles. The molecule has 0 spiro atoms. The van der Waals surface area contributed by atoms with Crippen LogP contribution >= 0.6 is 0 Å². The van der Waals surface area contributed by atoms with E-state index < -0.39 is 17.8 Å². The highest BCUT2D eigenvalue weighted by atomic mass is 16.4. The van der Waals surface area contributed by atoms with Gasteiger partial charge < -0.3 is 20.0 Å². The lowest BCUT2D eigenvalue weighted by Gasteiger charge is -2.32. The zero-order chi connectivity index (χ0) is 25.6. The van der Waals surface area contributed by atoms with Gasteiger partial charge in [-0.2, -0.15) is 0 Å². The van der Waals surface area contributed by atoms with E-state index in [1.54, 1.807) is 4.90 Å². The molecule has 0 aliphatic carbocycles. The molecule has 3 amide bonds. The third kappa shape index (κ3) is 10.4. The SMILES string of the molecule is O=CCN1CCN(CC=O)CCN(CC(=O)NCCN2C(=O)C=CC2=O)CCN(CC(=O)O)CC1. The minimum absolute atomic E-state index is 0.0489. The van der Waals surface area contributed by atoms with Crippen LogP contribution in [-0.2, 0) is 28.8 Å². The summed E-state index contributed by atoms with van der Waals surface area (Å²) in [4.78, 5) is 77.8. The van der Waals surface area contributed by atoms with Crippen LogP contribution in [0.5, 0.6) is 0 Å². The van der Waals surface area contributed by atoms with Gasteiger partial charge in [0.2, 0.25) is 5.91 Å². The monoisotopic (exact) mass is 494 g/mol. The van der Waals surface area contributed by atoms with Crippen molar-refractivity contribution in [2.45, 2.75) is 0 Å². The van der Waals surface area contributed by atoms with Crippen molar-refractivity contribution in [1.29, 1.82) is 0 Å². The molecular formula is C22H34N6O7. The molecule has 0 saturated carbocycles. The molecule has 1 saturated heterocycles. The molecule has 2 N–H and O–H groups in total. The molecule has 0 aromatic rings. The van der Waals surface area contributed by atoms with Crippen molar-refractivity contribution in [3.05, 3.63) is 12.2 Å². The van der Waals surface area contributed by atoms with Gasteiger partial charge in [-0.25, -0.2) is 0 Å². The van der Waals surface area contributed by atoms with Crippen molar-refractivity contribution in [3.63, 3.8) is 0 Å². The Morgan fingerprint density at radius 1 is 0.771 bits per heavy atom. The van der Waals surface area contributed by atoms with Gasteiger partial charge in [-0.1, -0.05) is 0 Å². The molecule has 2 rings (SSSR count). The van der Waals surface area contributed by atoms with Crippen LogP contribution in [0.3, 0.4) is 0 Å². The van der Waals surface area contributed by atoms with Gasteiger partial charge in [-0.3, -0.25) is 43.7 Å². The minimum Gasteiger partial charge on any atom is -0.480 e. The number of amides is 3. The van der Waals surface area contributed by atoms with Gasteiger partial charge in [0.05, 0.1) is 26.2 Å². The summed E-state index contributed by atoms with van der Waals surface area (Å²) in [5.41, 5.74) is 0. The van der Waals surface area contributed by atoms with Crippen LogP contribution in [-0.4, -0.2) is 157 Å². The average molecular weight is 495 g/mol. The summed E-state index contributed by atoms with van der Waals surface area (Å²) >= 11 is 0. The van der Waals surface area contributed by atoms with Gasteiger partial charge in [-0.05, 0) is 0 Å². The van der Waals surface area contributed by atoms with Crippen LogP contribution in [0.4, 0.5) is 0 Å². The number of carboxylic acid groups (broad SMARTS) is 1. The van der Waals surface area contributed by atoms with Crippen LogP contribution < -0.4 is 5.32 Å². The smallest absolute Gasteiger partial charge is 0.317 e. The molecular weight excluding hydrogens is 460 g/mol. The van der Waals surface area contributed by atoms with E-state index in [9.17, 15) is 33.9 Å². The highest BCUT2D eigenvalue weighted by molar-refractivity contribution is 6.12. The summed E-state index contributed by atoms with van der Waals surface area (Å²) in [5.74, 6) is -2.06. The Bertz CT molecular complexity index is 787. The fraction of sp³-hybridized carbons (Fsp3) is 0.636. The molecule has 2 aliphatic rings. The second kappa shape index (κ2) is 15.1. The summed E-state index contributed by atoms with van der Waals surface area (Å²) in [6, 6.07) is 0. The highest BCUT2D eigenvalue weighted by Crippen LogP contribution is 2.03. The van der Waals surface area contributed by atoms with Crippen molar-refractivity contribution in [1.82, 2.24) is 29.8 Å². The summed E-state index contributed by atoms with van der Waals surface area (Å²) in [7, 11) is 0. The van der Waals surface area contributed by atoms with Crippen molar-refractivity contribution in [2.75, 3.05) is 91.6 Å². The van der Waals surface area contributed by atoms with Crippen molar-refractivity contribution < 1.29 is 33.9 Å². The zero-order valence-corrected chi connectivity index (χ0v) is 19.8. The normalized spacial score (nSPS) is 19.8. The van der Waals surface area contributed by atoms with Gasteiger partial charge in [0.25, 0.3) is 11.8 Å². The predicted octanol–water partition coefficient (Wildman–Crippen LogP) is -3.27. The first-order chi connectivity index (χ1) is 16.8. The highest BCUT2D eigenvalue weighted by Gasteiger charge is 2.23.